The van der Waals surface area contributed by atoms with Crippen molar-refractivity contribution in [3.05, 3.63) is 132 Å². The van der Waals surface area contributed by atoms with Crippen LogP contribution in [0.15, 0.2) is 109 Å². The number of carboxylic acids is 1. The van der Waals surface area contributed by atoms with Gasteiger partial charge in [-0.15, -0.1) is 0 Å². The molecule has 0 aliphatic rings. The number of H-pyrrole nitrogens is 3. The number of aromatic nitrogens is 5. The molecule has 0 unspecified atom stereocenters. The number of aromatic amines is 3. The average Bonchev–Trinajstić information content (AvgIpc) is 1.72. The van der Waals surface area contributed by atoms with Crippen LogP contribution in [0.3, 0.4) is 0 Å². The molecule has 6 rings (SSSR count). The number of nitrogens with one attached hydrogen (secondary N) is 12. The molecule has 101 heavy (non-hydrogen) atoms. The van der Waals surface area contributed by atoms with Gasteiger partial charge in [0.25, 0.3) is 0 Å². The van der Waals surface area contributed by atoms with E-state index in [1.807, 2.05) is 0 Å². The van der Waals surface area contributed by atoms with E-state index in [-0.39, 0.29) is 75.4 Å². The Morgan fingerprint density at radius 1 is 0.485 bits per heavy atom. The molecule has 9 amide bonds. The van der Waals surface area contributed by atoms with Crippen molar-refractivity contribution in [2.45, 2.75) is 158 Å². The summed E-state index contributed by atoms with van der Waals surface area (Å²) in [6.45, 7) is 2.88. The monoisotopic (exact) mass is 1400 g/mol. The molecule has 0 saturated heterocycles. The van der Waals surface area contributed by atoms with Gasteiger partial charge in [-0.2, -0.15) is 0 Å². The highest BCUT2D eigenvalue weighted by atomic mass is 16.4. The smallest absolute Gasteiger partial charge is 0.326 e. The third-order valence-corrected chi connectivity index (χ3v) is 16.5. The first kappa shape index (κ1) is 79.0. The van der Waals surface area contributed by atoms with Crippen LogP contribution in [0.1, 0.15) is 93.3 Å². The first-order valence-electron chi connectivity index (χ1n) is 33.2. The number of rotatable bonds is 43. The van der Waals surface area contributed by atoms with Gasteiger partial charge in [0.05, 0.1) is 25.3 Å². The minimum Gasteiger partial charge on any atom is -0.508 e. The molecule has 546 valence electrons. The van der Waals surface area contributed by atoms with Crippen LogP contribution < -0.4 is 76.5 Å². The molecule has 0 aliphatic heterocycles. The van der Waals surface area contributed by atoms with Crippen molar-refractivity contribution < 1.29 is 68.4 Å². The minimum atomic E-state index is -1.80. The summed E-state index contributed by atoms with van der Waals surface area (Å²) in [5.74, 6) is -10.6. The molecule has 26 N–H and O–H groups in total. The summed E-state index contributed by atoms with van der Waals surface area (Å²) in [6.07, 6.45) is 8.27. The Labute approximate surface area is 582 Å². The number of hydrogen-bond acceptors (Lipinski definition) is 19. The highest BCUT2D eigenvalue weighted by Gasteiger charge is 2.37. The number of aliphatic hydroxyl groups excluding tert-OH is 1. The van der Waals surface area contributed by atoms with Crippen LogP contribution >= 0.6 is 0 Å². The SMILES string of the molecule is CC(C)[C@H](NC(=O)[C@H](Cc1c[nH]c2ccccc12)NC(=O)[C@H](Cc1ccc(O)cc1)NC(=O)[C@H](Cc1cnc[nH]1)NC(=O)[C@H](CO)NC(=O)[C@H](Cc1cnc[nH]1)NC(=O)[C@H](CCCCN)NC(=O)[C@@H](N)CCCCN)C(=O)N[C@@H](CCCN=C(N)N)C(=O)N[C@@H](Cc1ccc(O)cc1)C(=O)O. The molecule has 10 atom stereocenters. The predicted molar refractivity (Wildman–Crippen MR) is 371 cm³/mol. The number of amides is 9. The zero-order valence-electron chi connectivity index (χ0n) is 56.3. The van der Waals surface area contributed by atoms with Gasteiger partial charge in [-0.1, -0.05) is 62.7 Å². The predicted octanol–water partition coefficient (Wildman–Crippen LogP) is -2.73. The van der Waals surface area contributed by atoms with Crippen molar-refractivity contribution in [2.75, 3.05) is 26.2 Å². The number of hydrogen-bond donors (Lipinski definition) is 21. The zero-order chi connectivity index (χ0) is 73.5. The number of carbonyl (C=O) groups excluding carboxylic acids is 9. The van der Waals surface area contributed by atoms with Gasteiger partial charge in [-0.05, 0) is 111 Å². The van der Waals surface area contributed by atoms with Gasteiger partial charge in [0.15, 0.2) is 5.96 Å². The fourth-order valence-corrected chi connectivity index (χ4v) is 10.9. The quantitative estimate of drug-likeness (QED) is 0.0105. The number of carbonyl (C=O) groups is 10. The van der Waals surface area contributed by atoms with E-state index >= 15 is 9.59 Å². The maximum Gasteiger partial charge on any atom is 0.326 e. The molecule has 0 radical (unpaired) electrons. The van der Waals surface area contributed by atoms with Crippen molar-refractivity contribution in [2.24, 2.45) is 39.6 Å². The summed E-state index contributed by atoms with van der Waals surface area (Å²) in [4.78, 5) is 163. The molecule has 0 fully saturated rings. The molecule has 0 bridgehead atoms. The molecule has 34 nitrogen and oxygen atoms in total. The molecule has 3 heterocycles. The Hall–Kier alpha value is -11.0. The molecule has 0 aliphatic carbocycles. The van der Waals surface area contributed by atoms with Gasteiger partial charge in [0.1, 0.15) is 65.9 Å². The lowest BCUT2D eigenvalue weighted by molar-refractivity contribution is -0.142. The topological polar surface area (TPSA) is 575 Å². The van der Waals surface area contributed by atoms with E-state index in [0.29, 0.717) is 84.2 Å². The third-order valence-electron chi connectivity index (χ3n) is 16.5. The fraction of sp³-hybridized carbons (Fsp3) is 0.448. The van der Waals surface area contributed by atoms with Crippen LogP contribution in [0.4, 0.5) is 0 Å². The van der Waals surface area contributed by atoms with Gasteiger partial charge in [0.2, 0.25) is 53.2 Å². The summed E-state index contributed by atoms with van der Waals surface area (Å²) in [5, 5.41) is 65.4. The second-order valence-corrected chi connectivity index (χ2v) is 24.7. The van der Waals surface area contributed by atoms with Gasteiger partial charge >= 0.3 is 5.97 Å². The highest BCUT2D eigenvalue weighted by molar-refractivity contribution is 5.99. The molecule has 3 aromatic carbocycles. The molecule has 0 saturated carbocycles. The number of phenolic OH excluding ortho intramolecular Hbond substituents is 2. The minimum absolute atomic E-state index is 0.0180. The molecule has 6 aromatic rings. The lowest BCUT2D eigenvalue weighted by atomic mass is 9.99. The first-order chi connectivity index (χ1) is 48.4. The maximum atomic E-state index is 15.2. The molecular weight excluding hydrogens is 1310 g/mol. The van der Waals surface area contributed by atoms with Gasteiger partial charge in [-0.3, -0.25) is 48.1 Å². The highest BCUT2D eigenvalue weighted by Crippen LogP contribution is 2.21. The molecule has 34 heteroatoms. The van der Waals surface area contributed by atoms with E-state index in [2.05, 4.69) is 77.8 Å². The average molecular weight is 1400 g/mol. The number of phenols is 2. The number of benzene rings is 3. The van der Waals surface area contributed by atoms with E-state index < -0.39 is 132 Å². The van der Waals surface area contributed by atoms with E-state index in [1.165, 1.54) is 73.6 Å². The Bertz CT molecular complexity index is 3700. The third kappa shape index (κ3) is 25.7. The molecular formula is C67H94N20O14. The number of aliphatic hydroxyl groups is 1. The number of para-hydroxylation sites is 1. The summed E-state index contributed by atoms with van der Waals surface area (Å²) in [6, 6.07) is 3.93. The van der Waals surface area contributed by atoms with Gasteiger partial charge in [-0.25, -0.2) is 14.8 Å². The fourth-order valence-electron chi connectivity index (χ4n) is 10.9. The Kier molecular flexibility index (Phi) is 31.4. The Morgan fingerprint density at radius 2 is 0.911 bits per heavy atom. The summed E-state index contributed by atoms with van der Waals surface area (Å²) in [5.41, 5.74) is 31.3. The van der Waals surface area contributed by atoms with Crippen LogP contribution in [0, 0.1) is 5.92 Å². The number of aliphatic carboxylic acids is 1. The number of nitrogens with two attached hydrogens (primary N) is 5. The number of carboxylic acid groups (broad SMARTS) is 1. The second kappa shape index (κ2) is 40.2. The van der Waals surface area contributed by atoms with Crippen molar-refractivity contribution in [1.82, 2.24) is 72.8 Å². The number of aromatic hydroxyl groups is 2. The summed E-state index contributed by atoms with van der Waals surface area (Å²) in [7, 11) is 0. The summed E-state index contributed by atoms with van der Waals surface area (Å²) >= 11 is 0. The lowest BCUT2D eigenvalue weighted by Crippen LogP contribution is -2.62. The summed E-state index contributed by atoms with van der Waals surface area (Å²) < 4.78 is 0. The zero-order valence-corrected chi connectivity index (χ0v) is 56.3. The van der Waals surface area contributed by atoms with E-state index in [1.54, 1.807) is 44.3 Å². The number of unbranched alkanes of at least 4 members (excludes halogenated alkanes) is 2. The van der Waals surface area contributed by atoms with E-state index in [0.717, 1.165) is 0 Å². The van der Waals surface area contributed by atoms with E-state index in [9.17, 15) is 58.8 Å². The van der Waals surface area contributed by atoms with Crippen molar-refractivity contribution in [3.8, 4) is 11.5 Å². The second-order valence-electron chi connectivity index (χ2n) is 24.7. The normalized spacial score (nSPS) is 14.2. The van der Waals surface area contributed by atoms with Crippen LogP contribution in [0.25, 0.3) is 10.9 Å². The Morgan fingerprint density at radius 3 is 1.40 bits per heavy atom. The van der Waals surface area contributed by atoms with Crippen LogP contribution in [-0.2, 0) is 80.0 Å². The number of guanidine groups is 1. The molecule has 0 spiro atoms. The standard InChI is InChI=1S/C67H94N20O14/c1-37(2)56(65(99)80-49(14-9-25-75-67(71)72)59(93)85-54(66(100)101)27-39-17-21-44(90)22-18-39)87-63(97)51(28-40-31-76-47-12-4-3-10-45(40)47)82-60(94)50(26-38-15-19-43(89)20-16-38)81-61(95)52(29-41-32-73-35-77-41)84-64(98)55(34-88)86-62(96)53(30-42-33-74-36-78-42)83-58(92)48(13-6-8-24-69)79-57(91)46(70)11-5-7-23-68/h3-4,10,12,15-22,31-33,35-37,46,48-56,76,88-90H,5-9,11,13-14,23-30,34,68-70H2,1-2H3,(H,73,77)(H,74,78)(H,79,91)(H,80,99)(H,81,95)(H,82,94)(H,83,92)(H,84,98)(H,85,93)(H,86,96)(H,87,97)(H,100,101)(H4,71,72,75)/t46-,48-,49-,50-,51-,52-,53-,54-,55-,56-/m0/s1. The number of imidazole rings is 2. The van der Waals surface area contributed by atoms with E-state index in [4.69, 9.17) is 28.7 Å². The lowest BCUT2D eigenvalue weighted by Gasteiger charge is -2.29. The molecule has 3 aromatic heterocycles. The van der Waals surface area contributed by atoms with Crippen molar-refractivity contribution >= 4 is 76.0 Å². The number of fused-ring (bicyclic) bond motifs is 1. The van der Waals surface area contributed by atoms with Gasteiger partial charge in [0, 0.05) is 79.5 Å². The van der Waals surface area contributed by atoms with Crippen molar-refractivity contribution in [1.29, 1.82) is 0 Å². The maximum absolute atomic E-state index is 15.2. The van der Waals surface area contributed by atoms with Gasteiger partial charge < -0.3 is 112 Å². The largest absolute Gasteiger partial charge is 0.508 e. The first-order valence-corrected chi connectivity index (χ1v) is 33.2. The Balaban J connectivity index is 1.27. The number of aliphatic imine (C=N–C) groups is 1. The van der Waals surface area contributed by atoms with Crippen molar-refractivity contribution in [3.63, 3.8) is 0 Å². The van der Waals surface area contributed by atoms with Crippen LogP contribution in [0.2, 0.25) is 0 Å². The number of nitrogens with zero attached hydrogens (tertiary/aromatic N) is 3. The van der Waals surface area contributed by atoms with Crippen LogP contribution in [0.5, 0.6) is 11.5 Å². The van der Waals surface area contributed by atoms with Crippen LogP contribution in [-0.4, -0.2) is 197 Å².